The summed E-state index contributed by atoms with van der Waals surface area (Å²) >= 11 is 3.26. The predicted molar refractivity (Wildman–Crippen MR) is 88.2 cm³/mol. The van der Waals surface area contributed by atoms with E-state index < -0.39 is 5.82 Å². The van der Waals surface area contributed by atoms with Gasteiger partial charge in [-0.05, 0) is 54.4 Å². The summed E-state index contributed by atoms with van der Waals surface area (Å²) in [6, 6.07) is 3.28. The first-order valence-corrected chi connectivity index (χ1v) is 6.69. The minimum atomic E-state index is -0.405. The van der Waals surface area contributed by atoms with Crippen LogP contribution >= 0.6 is 40.7 Å². The lowest BCUT2D eigenvalue weighted by molar-refractivity contribution is 0.0606. The van der Waals surface area contributed by atoms with Crippen LogP contribution in [0.15, 0.2) is 16.6 Å². The molecule has 7 heteroatoms. The normalized spacial score (nSPS) is 19.4. The third kappa shape index (κ3) is 4.21. The summed E-state index contributed by atoms with van der Waals surface area (Å²) < 4.78 is 19.9. The maximum Gasteiger partial charge on any atom is 0.147 e. The van der Waals surface area contributed by atoms with Crippen molar-refractivity contribution < 1.29 is 9.13 Å². The molecule has 116 valence electrons. The Balaban J connectivity index is 0.00000180. The van der Waals surface area contributed by atoms with Crippen LogP contribution in [-0.2, 0) is 4.74 Å². The molecule has 0 spiro atoms. The molecule has 0 aliphatic carbocycles. The van der Waals surface area contributed by atoms with Gasteiger partial charge in [0.15, 0.2) is 0 Å². The van der Waals surface area contributed by atoms with Crippen LogP contribution < -0.4 is 5.73 Å². The number of nitrogens with two attached hydrogens (primary N) is 1. The van der Waals surface area contributed by atoms with E-state index >= 15 is 0 Å². The van der Waals surface area contributed by atoms with Gasteiger partial charge < -0.3 is 10.5 Å². The highest BCUT2D eigenvalue weighted by Gasteiger charge is 2.32. The van der Waals surface area contributed by atoms with Crippen molar-refractivity contribution in [3.05, 3.63) is 28.0 Å². The van der Waals surface area contributed by atoms with Crippen molar-refractivity contribution >= 4 is 46.4 Å². The van der Waals surface area contributed by atoms with Gasteiger partial charge >= 0.3 is 0 Å². The van der Waals surface area contributed by atoms with Gasteiger partial charge in [0.2, 0.25) is 0 Å². The van der Waals surface area contributed by atoms with E-state index in [0.29, 0.717) is 11.2 Å². The van der Waals surface area contributed by atoms with E-state index in [-0.39, 0.29) is 42.1 Å². The number of rotatable bonds is 1. The van der Waals surface area contributed by atoms with Gasteiger partial charge in [-0.25, -0.2) is 4.39 Å². The Morgan fingerprint density at radius 1 is 1.35 bits per heavy atom. The van der Waals surface area contributed by atoms with Gasteiger partial charge in [0.05, 0.1) is 11.8 Å². The Labute approximate surface area is 140 Å². The molecule has 0 radical (unpaired) electrons. The van der Waals surface area contributed by atoms with E-state index in [1.54, 1.807) is 0 Å². The highest BCUT2D eigenvalue weighted by molar-refractivity contribution is 9.10. The number of hydrogen-bond acceptors (Lipinski definition) is 3. The van der Waals surface area contributed by atoms with Gasteiger partial charge in [-0.1, -0.05) is 0 Å². The zero-order valence-electron chi connectivity index (χ0n) is 11.7. The monoisotopic (exact) mass is 388 g/mol. The van der Waals surface area contributed by atoms with Crippen LogP contribution in [0.1, 0.15) is 32.4 Å². The van der Waals surface area contributed by atoms with Gasteiger partial charge in [0, 0.05) is 16.6 Å². The third-order valence-corrected chi connectivity index (χ3v) is 3.90. The second-order valence-electron chi connectivity index (χ2n) is 5.58. The molecule has 2 N–H and O–H groups in total. The standard InChI is InChI=1S/C13H18BrFN2O.2ClH/c1-13(2,3)17-6-11(18-7-17)8-4-9(14)12(16)10(15)5-8;;/h4-5,11H,6-7,16H2,1-3H3;2*1H. The van der Waals surface area contributed by atoms with Crippen LogP contribution in [0.25, 0.3) is 0 Å². The van der Waals surface area contributed by atoms with E-state index in [4.69, 9.17) is 10.5 Å². The first-order chi connectivity index (χ1) is 8.29. The number of hydrogen-bond donors (Lipinski definition) is 1. The Hall–Kier alpha value is -0.0700. The van der Waals surface area contributed by atoms with Crippen molar-refractivity contribution in [1.82, 2.24) is 4.90 Å². The summed E-state index contributed by atoms with van der Waals surface area (Å²) in [5.74, 6) is -0.405. The molecule has 1 unspecified atom stereocenters. The minimum absolute atomic E-state index is 0. The molecule has 1 aromatic rings. The lowest BCUT2D eigenvalue weighted by Crippen LogP contribution is -2.39. The fraction of sp³-hybridized carbons (Fsp3) is 0.538. The molecule has 1 aliphatic rings. The van der Waals surface area contributed by atoms with Crippen molar-refractivity contribution in [3.8, 4) is 0 Å². The fourth-order valence-electron chi connectivity index (χ4n) is 1.94. The quantitative estimate of drug-likeness (QED) is 0.733. The maximum atomic E-state index is 13.6. The number of benzene rings is 1. The summed E-state index contributed by atoms with van der Waals surface area (Å²) in [5.41, 5.74) is 6.59. The van der Waals surface area contributed by atoms with Crippen LogP contribution in [0.4, 0.5) is 10.1 Å². The highest BCUT2D eigenvalue weighted by atomic mass is 79.9. The smallest absolute Gasteiger partial charge is 0.147 e. The molecule has 1 fully saturated rings. The number of ether oxygens (including phenoxy) is 1. The van der Waals surface area contributed by atoms with E-state index in [9.17, 15) is 4.39 Å². The lowest BCUT2D eigenvalue weighted by Gasteiger charge is -2.29. The Kier molecular flexibility index (Phi) is 7.25. The SMILES string of the molecule is CC(C)(C)N1COC(c2cc(F)c(N)c(Br)c2)C1.Cl.Cl. The molecule has 0 aromatic heterocycles. The van der Waals surface area contributed by atoms with Crippen molar-refractivity contribution in [3.63, 3.8) is 0 Å². The van der Waals surface area contributed by atoms with Crippen LogP contribution in [0.2, 0.25) is 0 Å². The van der Waals surface area contributed by atoms with E-state index in [2.05, 4.69) is 41.6 Å². The van der Waals surface area contributed by atoms with E-state index in [1.165, 1.54) is 6.07 Å². The summed E-state index contributed by atoms with van der Waals surface area (Å²) in [6.45, 7) is 7.74. The van der Waals surface area contributed by atoms with Gasteiger partial charge in [0.1, 0.15) is 12.5 Å². The number of nitrogens with zero attached hydrogens (tertiary/aromatic N) is 1. The third-order valence-electron chi connectivity index (χ3n) is 3.24. The average molecular weight is 390 g/mol. The molecule has 3 nitrogen and oxygen atoms in total. The molecular formula is C13H20BrCl2FN2O. The Bertz CT molecular complexity index is 445. The molecular weight excluding hydrogens is 370 g/mol. The van der Waals surface area contributed by atoms with Crippen LogP contribution in [0.5, 0.6) is 0 Å². The molecule has 20 heavy (non-hydrogen) atoms. The molecule has 1 heterocycles. The van der Waals surface area contributed by atoms with Gasteiger partial charge in [-0.2, -0.15) is 0 Å². The summed E-state index contributed by atoms with van der Waals surface area (Å²) in [6.07, 6.45) is -0.101. The van der Waals surface area contributed by atoms with Crippen molar-refractivity contribution in [2.45, 2.75) is 32.4 Å². The van der Waals surface area contributed by atoms with Crippen molar-refractivity contribution in [1.29, 1.82) is 0 Å². The predicted octanol–water partition coefficient (Wildman–Crippen LogP) is 4.14. The Morgan fingerprint density at radius 3 is 2.40 bits per heavy atom. The molecule has 0 amide bonds. The first kappa shape index (κ1) is 19.9. The zero-order chi connectivity index (χ0) is 13.5. The van der Waals surface area contributed by atoms with Crippen LogP contribution in [0.3, 0.4) is 0 Å². The molecule has 1 saturated heterocycles. The molecule has 2 rings (SSSR count). The number of halogens is 4. The van der Waals surface area contributed by atoms with Crippen molar-refractivity contribution in [2.75, 3.05) is 19.0 Å². The van der Waals surface area contributed by atoms with Crippen LogP contribution in [-0.4, -0.2) is 23.7 Å². The zero-order valence-corrected chi connectivity index (χ0v) is 14.9. The van der Waals surface area contributed by atoms with Crippen molar-refractivity contribution in [2.24, 2.45) is 0 Å². The molecule has 1 aliphatic heterocycles. The van der Waals surface area contributed by atoms with Gasteiger partial charge in [-0.15, -0.1) is 24.8 Å². The topological polar surface area (TPSA) is 38.5 Å². The van der Waals surface area contributed by atoms with Gasteiger partial charge in [-0.3, -0.25) is 4.90 Å². The van der Waals surface area contributed by atoms with Crippen LogP contribution in [0, 0.1) is 5.82 Å². The summed E-state index contributed by atoms with van der Waals surface area (Å²) in [7, 11) is 0. The number of anilines is 1. The number of nitrogen functional groups attached to an aromatic ring is 1. The molecule has 1 atom stereocenters. The fourth-order valence-corrected chi connectivity index (χ4v) is 2.40. The Morgan fingerprint density at radius 2 is 1.95 bits per heavy atom. The molecule has 0 saturated carbocycles. The van der Waals surface area contributed by atoms with E-state index in [1.807, 2.05) is 6.07 Å². The summed E-state index contributed by atoms with van der Waals surface area (Å²) in [4.78, 5) is 2.22. The van der Waals surface area contributed by atoms with Gasteiger partial charge in [0.25, 0.3) is 0 Å². The largest absolute Gasteiger partial charge is 0.395 e. The maximum absolute atomic E-state index is 13.6. The summed E-state index contributed by atoms with van der Waals surface area (Å²) in [5, 5.41) is 0. The highest BCUT2D eigenvalue weighted by Crippen LogP contribution is 2.33. The molecule has 0 bridgehead atoms. The minimum Gasteiger partial charge on any atom is -0.395 e. The second kappa shape index (κ2) is 7.27. The first-order valence-electron chi connectivity index (χ1n) is 5.90. The lowest BCUT2D eigenvalue weighted by atomic mass is 10.0. The molecule has 1 aromatic carbocycles. The van der Waals surface area contributed by atoms with E-state index in [0.717, 1.165) is 12.1 Å². The average Bonchev–Trinajstić information content (AvgIpc) is 2.73. The second-order valence-corrected chi connectivity index (χ2v) is 6.43.